The van der Waals surface area contributed by atoms with Gasteiger partial charge in [-0.3, -0.25) is 9.59 Å². The van der Waals surface area contributed by atoms with Crippen molar-refractivity contribution in [2.75, 3.05) is 30.3 Å². The van der Waals surface area contributed by atoms with Crippen molar-refractivity contribution in [2.24, 2.45) is 11.7 Å². The van der Waals surface area contributed by atoms with Crippen LogP contribution < -0.4 is 16.4 Å². The predicted molar refractivity (Wildman–Crippen MR) is 136 cm³/mol. The lowest BCUT2D eigenvalue weighted by Crippen LogP contribution is -2.58. The van der Waals surface area contributed by atoms with Gasteiger partial charge >= 0.3 is 6.03 Å². The number of piperazine rings is 1. The molecule has 1 atom stereocenters. The molecule has 2 heterocycles. The van der Waals surface area contributed by atoms with E-state index < -0.39 is 28.0 Å². The Bertz CT molecular complexity index is 1180. The van der Waals surface area contributed by atoms with Crippen molar-refractivity contribution in [1.29, 1.82) is 0 Å². The molecule has 4 rings (SSSR count). The Labute approximate surface area is 214 Å². The number of nitrogens with one attached hydrogen (secondary N) is 2. The zero-order valence-electron chi connectivity index (χ0n) is 19.8. The van der Waals surface area contributed by atoms with Crippen LogP contribution in [0.5, 0.6) is 0 Å². The van der Waals surface area contributed by atoms with E-state index in [0.29, 0.717) is 23.2 Å². The summed E-state index contributed by atoms with van der Waals surface area (Å²) in [6, 6.07) is 4.12. The van der Waals surface area contributed by atoms with Gasteiger partial charge in [-0.1, -0.05) is 32.1 Å². The molecule has 1 aliphatic carbocycles. The zero-order valence-corrected chi connectivity index (χ0v) is 21.4. The number of hydrogen-bond donors (Lipinski definition) is 3. The minimum Gasteiger partial charge on any atom is -0.351 e. The summed E-state index contributed by atoms with van der Waals surface area (Å²) in [7, 11) is -3.94. The maximum atomic E-state index is 13.2. The molecule has 13 heteroatoms. The molecule has 2 aromatic rings. The van der Waals surface area contributed by atoms with E-state index >= 15 is 0 Å². The molecule has 36 heavy (non-hydrogen) atoms. The minimum atomic E-state index is -3.94. The SMILES string of the molecule is NC(=O)Nc1ccc(S(=O)(=O)N2CCN(C(CC3CCCCC3)C(=O)Nc3nccs3)C(=O)C2)cc1. The van der Waals surface area contributed by atoms with Gasteiger partial charge in [-0.25, -0.2) is 18.2 Å². The summed E-state index contributed by atoms with van der Waals surface area (Å²) >= 11 is 1.30. The second-order valence-electron chi connectivity index (χ2n) is 9.02. The summed E-state index contributed by atoms with van der Waals surface area (Å²) in [5, 5.41) is 7.43. The van der Waals surface area contributed by atoms with Crippen molar-refractivity contribution in [3.8, 4) is 0 Å². The van der Waals surface area contributed by atoms with Gasteiger partial charge in [0, 0.05) is 30.4 Å². The lowest BCUT2D eigenvalue weighted by atomic mass is 9.84. The van der Waals surface area contributed by atoms with Crippen LogP contribution in [0.25, 0.3) is 0 Å². The molecule has 1 unspecified atom stereocenters. The summed E-state index contributed by atoms with van der Waals surface area (Å²) in [5.41, 5.74) is 5.45. The molecule has 4 amide bonds. The Hall–Kier alpha value is -3.03. The maximum Gasteiger partial charge on any atom is 0.316 e. The van der Waals surface area contributed by atoms with Crippen molar-refractivity contribution < 1.29 is 22.8 Å². The molecule has 1 saturated carbocycles. The van der Waals surface area contributed by atoms with Crippen molar-refractivity contribution in [3.05, 3.63) is 35.8 Å². The van der Waals surface area contributed by atoms with E-state index in [1.807, 2.05) is 0 Å². The van der Waals surface area contributed by atoms with Crippen LogP contribution in [-0.2, 0) is 19.6 Å². The summed E-state index contributed by atoms with van der Waals surface area (Å²) in [4.78, 5) is 43.1. The Morgan fingerprint density at radius 2 is 1.83 bits per heavy atom. The van der Waals surface area contributed by atoms with Crippen LogP contribution in [0.3, 0.4) is 0 Å². The number of carbonyl (C=O) groups is 3. The summed E-state index contributed by atoms with van der Waals surface area (Å²) in [5.74, 6) is -0.363. The molecular weight excluding hydrogens is 504 g/mol. The molecule has 194 valence electrons. The number of sulfonamides is 1. The standard InChI is InChI=1S/C23H30N6O5S2/c24-22(32)26-17-6-8-18(9-7-17)36(33,34)28-11-12-29(20(30)15-28)19(14-16-4-2-1-3-5-16)21(31)27-23-25-10-13-35-23/h6-10,13,16,19H,1-5,11-12,14-15H2,(H3,24,26,32)(H,25,27,31). The number of aromatic nitrogens is 1. The molecule has 1 saturated heterocycles. The van der Waals surface area contributed by atoms with Crippen LogP contribution >= 0.6 is 11.3 Å². The van der Waals surface area contributed by atoms with Gasteiger partial charge in [0.15, 0.2) is 5.13 Å². The lowest BCUT2D eigenvalue weighted by Gasteiger charge is -2.39. The van der Waals surface area contributed by atoms with Gasteiger partial charge < -0.3 is 21.3 Å². The first kappa shape index (κ1) is 26.0. The third-order valence-corrected chi connectivity index (χ3v) is 9.15. The molecule has 0 radical (unpaired) electrons. The lowest BCUT2D eigenvalue weighted by molar-refractivity contribution is -0.142. The van der Waals surface area contributed by atoms with Gasteiger partial charge in [0.25, 0.3) is 0 Å². The van der Waals surface area contributed by atoms with Crippen molar-refractivity contribution in [1.82, 2.24) is 14.2 Å². The van der Waals surface area contributed by atoms with Gasteiger partial charge in [-0.05, 0) is 36.6 Å². The third-order valence-electron chi connectivity index (χ3n) is 6.60. The first-order valence-corrected chi connectivity index (χ1v) is 14.2. The highest BCUT2D eigenvalue weighted by atomic mass is 32.2. The Morgan fingerprint density at radius 3 is 2.44 bits per heavy atom. The van der Waals surface area contributed by atoms with E-state index in [9.17, 15) is 22.8 Å². The van der Waals surface area contributed by atoms with E-state index in [4.69, 9.17) is 5.73 Å². The number of anilines is 2. The number of carbonyl (C=O) groups excluding carboxylic acids is 3. The Kier molecular flexibility index (Phi) is 8.21. The fraction of sp³-hybridized carbons (Fsp3) is 0.478. The zero-order chi connectivity index (χ0) is 25.7. The normalized spacial score (nSPS) is 18.6. The quantitative estimate of drug-likeness (QED) is 0.472. The molecule has 4 N–H and O–H groups in total. The fourth-order valence-electron chi connectivity index (χ4n) is 4.79. The minimum absolute atomic E-state index is 0.000890. The van der Waals surface area contributed by atoms with E-state index in [2.05, 4.69) is 15.6 Å². The van der Waals surface area contributed by atoms with Crippen molar-refractivity contribution >= 4 is 50.0 Å². The van der Waals surface area contributed by atoms with E-state index in [0.717, 1.165) is 30.0 Å². The highest BCUT2D eigenvalue weighted by Crippen LogP contribution is 2.30. The molecule has 11 nitrogen and oxygen atoms in total. The van der Waals surface area contributed by atoms with Gasteiger partial charge in [0.05, 0.1) is 11.4 Å². The molecule has 1 aliphatic heterocycles. The average molecular weight is 535 g/mol. The van der Waals surface area contributed by atoms with Crippen LogP contribution in [0.2, 0.25) is 0 Å². The number of amides is 4. The number of urea groups is 1. The fourth-order valence-corrected chi connectivity index (χ4v) is 6.70. The first-order chi connectivity index (χ1) is 17.2. The molecule has 2 fully saturated rings. The highest BCUT2D eigenvalue weighted by Gasteiger charge is 2.39. The number of rotatable bonds is 8. The monoisotopic (exact) mass is 534 g/mol. The van der Waals surface area contributed by atoms with Gasteiger partial charge in [0.2, 0.25) is 21.8 Å². The van der Waals surface area contributed by atoms with Crippen LogP contribution in [-0.4, -0.2) is 66.1 Å². The van der Waals surface area contributed by atoms with Crippen LogP contribution in [0.4, 0.5) is 15.6 Å². The smallest absolute Gasteiger partial charge is 0.316 e. The summed E-state index contributed by atoms with van der Waals surface area (Å²) < 4.78 is 27.4. The topological polar surface area (TPSA) is 155 Å². The van der Waals surface area contributed by atoms with Crippen LogP contribution in [0, 0.1) is 5.92 Å². The molecule has 0 spiro atoms. The molecular formula is C23H30N6O5S2. The summed E-state index contributed by atoms with van der Waals surface area (Å²) in [6.45, 7) is -0.168. The highest BCUT2D eigenvalue weighted by molar-refractivity contribution is 7.89. The number of thiazole rings is 1. The van der Waals surface area contributed by atoms with Crippen LogP contribution in [0.1, 0.15) is 38.5 Å². The Balaban J connectivity index is 1.47. The number of primary amides is 1. The largest absolute Gasteiger partial charge is 0.351 e. The molecule has 1 aromatic carbocycles. The Morgan fingerprint density at radius 1 is 1.11 bits per heavy atom. The number of hydrogen-bond acceptors (Lipinski definition) is 7. The van der Waals surface area contributed by atoms with Crippen molar-refractivity contribution in [3.63, 3.8) is 0 Å². The van der Waals surface area contributed by atoms with Crippen molar-refractivity contribution in [2.45, 2.75) is 49.5 Å². The van der Waals surface area contributed by atoms with Crippen LogP contribution in [0.15, 0.2) is 40.7 Å². The van der Waals surface area contributed by atoms with Gasteiger partial charge in [0.1, 0.15) is 6.04 Å². The van der Waals surface area contributed by atoms with Gasteiger partial charge in [-0.2, -0.15) is 4.31 Å². The second-order valence-corrected chi connectivity index (χ2v) is 11.9. The number of nitrogens with zero attached hydrogens (tertiary/aromatic N) is 3. The van der Waals surface area contributed by atoms with E-state index in [1.165, 1.54) is 46.9 Å². The summed E-state index contributed by atoms with van der Waals surface area (Å²) in [6.07, 6.45) is 7.58. The predicted octanol–water partition coefficient (Wildman–Crippen LogP) is 2.44. The van der Waals surface area contributed by atoms with E-state index in [1.54, 1.807) is 11.6 Å². The second kappa shape index (κ2) is 11.4. The number of benzene rings is 1. The number of nitrogens with two attached hydrogens (primary N) is 1. The molecule has 1 aromatic heterocycles. The molecule has 0 bridgehead atoms. The maximum absolute atomic E-state index is 13.2. The first-order valence-electron chi connectivity index (χ1n) is 11.9. The average Bonchev–Trinajstić information content (AvgIpc) is 3.36. The molecule has 2 aliphatic rings. The third kappa shape index (κ3) is 6.20. The van der Waals surface area contributed by atoms with Gasteiger partial charge in [-0.15, -0.1) is 11.3 Å². The van der Waals surface area contributed by atoms with E-state index in [-0.39, 0.29) is 30.4 Å².